The minimum absolute atomic E-state index is 0.0462. The Morgan fingerprint density at radius 1 is 1.27 bits per heavy atom. The van der Waals surface area contributed by atoms with Gasteiger partial charge in [-0.3, -0.25) is 0 Å². The van der Waals surface area contributed by atoms with Crippen molar-refractivity contribution in [3.8, 4) is 6.07 Å². The Morgan fingerprint density at radius 3 is 2.58 bits per heavy atom. The Hall–Kier alpha value is -2.34. The predicted octanol–water partition coefficient (Wildman–Crippen LogP) is 2.19. The number of ether oxygens (including phenoxy) is 2. The highest BCUT2D eigenvalue weighted by molar-refractivity contribution is 9.10. The van der Waals surface area contributed by atoms with Crippen molar-refractivity contribution in [2.75, 3.05) is 13.2 Å². The molecule has 4 atom stereocenters. The average molecular weight is 547 g/mol. The van der Waals surface area contributed by atoms with Crippen molar-refractivity contribution in [3.63, 3.8) is 0 Å². The van der Waals surface area contributed by atoms with Gasteiger partial charge in [0.2, 0.25) is 0 Å². The second-order valence-electron chi connectivity index (χ2n) is 6.78. The highest BCUT2D eigenvalue weighted by Crippen LogP contribution is 2.34. The summed E-state index contributed by atoms with van der Waals surface area (Å²) in [6.45, 7) is -0.438. The van der Waals surface area contributed by atoms with E-state index < -0.39 is 48.0 Å². The van der Waals surface area contributed by atoms with Crippen LogP contribution in [0.1, 0.15) is 11.3 Å². The number of nitriles is 1. The normalized spacial score (nSPS) is 23.2. The van der Waals surface area contributed by atoms with Gasteiger partial charge in [0, 0.05) is 29.4 Å². The van der Waals surface area contributed by atoms with Gasteiger partial charge in [-0.05, 0) is 34.1 Å². The van der Waals surface area contributed by atoms with Crippen LogP contribution in [0.2, 0.25) is 0 Å². The van der Waals surface area contributed by atoms with Gasteiger partial charge in [-0.1, -0.05) is 11.8 Å². The lowest BCUT2D eigenvalue weighted by Gasteiger charge is -2.38. The van der Waals surface area contributed by atoms with Crippen LogP contribution in [0.3, 0.4) is 0 Å². The SMILES string of the molecule is N#Cc1ncc(SC2OC(CO)C(O)O[C@H]2CN/C=C(\N)c2cc(F)c(F)c(F)c2)cc1Br. The van der Waals surface area contributed by atoms with Gasteiger partial charge >= 0.3 is 0 Å². The molecule has 8 nitrogen and oxygen atoms in total. The monoisotopic (exact) mass is 546 g/mol. The Bertz CT molecular complexity index is 1060. The molecule has 0 spiro atoms. The molecule has 33 heavy (non-hydrogen) atoms. The van der Waals surface area contributed by atoms with Crippen LogP contribution in [0, 0.1) is 28.8 Å². The van der Waals surface area contributed by atoms with Crippen LogP contribution in [0.4, 0.5) is 13.2 Å². The Morgan fingerprint density at radius 2 is 1.97 bits per heavy atom. The molecule has 1 fully saturated rings. The second kappa shape index (κ2) is 11.2. The first kappa shape index (κ1) is 25.3. The summed E-state index contributed by atoms with van der Waals surface area (Å²) in [7, 11) is 0. The summed E-state index contributed by atoms with van der Waals surface area (Å²) >= 11 is 4.44. The highest BCUT2D eigenvalue weighted by Gasteiger charge is 2.38. The number of aliphatic hydroxyl groups excluding tert-OH is 2. The minimum Gasteiger partial charge on any atom is -0.397 e. The molecule has 1 aliphatic heterocycles. The van der Waals surface area contributed by atoms with Gasteiger partial charge in [-0.2, -0.15) is 5.26 Å². The Labute approximate surface area is 199 Å². The third-order valence-corrected chi connectivity index (χ3v) is 6.24. The number of aliphatic hydroxyl groups is 2. The minimum atomic E-state index is -1.59. The number of hydrogen-bond donors (Lipinski definition) is 4. The molecule has 1 aliphatic rings. The summed E-state index contributed by atoms with van der Waals surface area (Å²) in [5.74, 6) is -4.34. The van der Waals surface area contributed by atoms with Crippen molar-refractivity contribution >= 4 is 33.4 Å². The van der Waals surface area contributed by atoms with Crippen LogP contribution >= 0.6 is 27.7 Å². The number of hydrogen-bond acceptors (Lipinski definition) is 9. The van der Waals surface area contributed by atoms with E-state index in [4.69, 9.17) is 20.5 Å². The van der Waals surface area contributed by atoms with Crippen molar-refractivity contribution in [2.45, 2.75) is 28.8 Å². The van der Waals surface area contributed by atoms with Crippen LogP contribution in [0.5, 0.6) is 0 Å². The summed E-state index contributed by atoms with van der Waals surface area (Å²) in [5, 5.41) is 31.3. The summed E-state index contributed by atoms with van der Waals surface area (Å²) < 4.78 is 51.8. The van der Waals surface area contributed by atoms with E-state index in [1.807, 2.05) is 6.07 Å². The number of benzene rings is 1. The predicted molar refractivity (Wildman–Crippen MR) is 116 cm³/mol. The smallest absolute Gasteiger partial charge is 0.194 e. The van der Waals surface area contributed by atoms with E-state index in [0.717, 1.165) is 12.1 Å². The number of rotatable bonds is 7. The summed E-state index contributed by atoms with van der Waals surface area (Å²) in [6, 6.07) is 5.12. The van der Waals surface area contributed by atoms with Gasteiger partial charge < -0.3 is 30.7 Å². The fourth-order valence-electron chi connectivity index (χ4n) is 2.83. The number of thioether (sulfide) groups is 1. The molecule has 0 aliphatic carbocycles. The lowest BCUT2D eigenvalue weighted by molar-refractivity contribution is -0.270. The summed E-state index contributed by atoms with van der Waals surface area (Å²) in [4.78, 5) is 4.65. The quantitative estimate of drug-likeness (QED) is 0.385. The molecule has 1 saturated heterocycles. The zero-order chi connectivity index (χ0) is 24.1. The molecule has 3 unspecified atom stereocenters. The van der Waals surface area contributed by atoms with E-state index in [1.165, 1.54) is 24.2 Å². The number of halogens is 4. The van der Waals surface area contributed by atoms with Crippen LogP contribution in [0.25, 0.3) is 5.70 Å². The zero-order valence-corrected chi connectivity index (χ0v) is 19.1. The maximum Gasteiger partial charge on any atom is 0.194 e. The fourth-order valence-corrected chi connectivity index (χ4v) is 4.50. The van der Waals surface area contributed by atoms with Gasteiger partial charge in [0.15, 0.2) is 29.4 Å². The standard InChI is InChI=1S/C20H18BrF3N4O4S/c21-11-3-10(5-28-15(11)4-25)33-20-16(31-19(30)17(8-29)32-20)7-27-6-14(26)9-1-12(22)18(24)13(23)2-9/h1-3,5-6,16-17,19-20,27,29-30H,7-8,26H2/b14-6-/t16-,17?,19?,20?/m0/s1. The number of nitrogens with one attached hydrogen (secondary N) is 1. The van der Waals surface area contributed by atoms with E-state index in [-0.39, 0.29) is 23.5 Å². The lowest BCUT2D eigenvalue weighted by atomic mass is 10.1. The number of nitrogens with two attached hydrogens (primary N) is 1. The van der Waals surface area contributed by atoms with E-state index in [0.29, 0.717) is 9.37 Å². The van der Waals surface area contributed by atoms with Crippen molar-refractivity contribution in [1.29, 1.82) is 5.26 Å². The molecule has 0 saturated carbocycles. The molecule has 3 rings (SSSR count). The van der Waals surface area contributed by atoms with Crippen molar-refractivity contribution in [3.05, 3.63) is 63.8 Å². The van der Waals surface area contributed by atoms with Crippen LogP contribution in [-0.4, -0.2) is 52.3 Å². The number of nitrogens with zero attached hydrogens (tertiary/aromatic N) is 2. The van der Waals surface area contributed by atoms with Crippen molar-refractivity contribution in [2.24, 2.45) is 5.73 Å². The molecule has 2 heterocycles. The van der Waals surface area contributed by atoms with Crippen LogP contribution < -0.4 is 11.1 Å². The molecule has 0 radical (unpaired) electrons. The second-order valence-corrected chi connectivity index (χ2v) is 8.81. The van der Waals surface area contributed by atoms with Gasteiger partial charge in [0.05, 0.1) is 16.8 Å². The Balaban J connectivity index is 1.72. The molecule has 176 valence electrons. The van der Waals surface area contributed by atoms with Crippen LogP contribution in [0.15, 0.2) is 40.0 Å². The third-order valence-electron chi connectivity index (χ3n) is 4.49. The molecule has 2 aromatic rings. The third kappa shape index (κ3) is 6.17. The molecule has 0 bridgehead atoms. The number of aromatic nitrogens is 1. The van der Waals surface area contributed by atoms with Gasteiger partial charge in [-0.25, -0.2) is 18.2 Å². The molecule has 13 heteroatoms. The largest absolute Gasteiger partial charge is 0.397 e. The van der Waals surface area contributed by atoms with E-state index in [2.05, 4.69) is 26.2 Å². The molecule has 5 N–H and O–H groups in total. The van der Waals surface area contributed by atoms with E-state index >= 15 is 0 Å². The van der Waals surface area contributed by atoms with E-state index in [1.54, 1.807) is 6.07 Å². The lowest BCUT2D eigenvalue weighted by Crippen LogP contribution is -2.52. The topological polar surface area (TPSA) is 134 Å². The first-order chi connectivity index (χ1) is 15.7. The molecule has 1 aromatic heterocycles. The molecule has 0 amide bonds. The van der Waals surface area contributed by atoms with Gasteiger partial charge in [0.25, 0.3) is 0 Å². The van der Waals surface area contributed by atoms with Crippen molar-refractivity contribution < 1.29 is 32.9 Å². The maximum absolute atomic E-state index is 13.4. The first-order valence-electron chi connectivity index (χ1n) is 9.39. The highest BCUT2D eigenvalue weighted by atomic mass is 79.9. The molecular formula is C20H18BrF3N4O4S. The maximum atomic E-state index is 13.4. The van der Waals surface area contributed by atoms with E-state index in [9.17, 15) is 23.4 Å². The van der Waals surface area contributed by atoms with Gasteiger partial charge in [-0.15, -0.1) is 0 Å². The molecule has 1 aromatic carbocycles. The summed E-state index contributed by atoms with van der Waals surface area (Å²) in [5.41, 5.74) is 5.17. The molecular weight excluding hydrogens is 529 g/mol. The first-order valence-corrected chi connectivity index (χ1v) is 11.1. The Kier molecular flexibility index (Phi) is 8.57. The summed E-state index contributed by atoms with van der Waals surface area (Å²) in [6.07, 6.45) is -0.420. The average Bonchev–Trinajstić information content (AvgIpc) is 2.78. The van der Waals surface area contributed by atoms with Crippen LogP contribution in [-0.2, 0) is 9.47 Å². The number of pyridine rings is 1. The fraction of sp³-hybridized carbons (Fsp3) is 0.300. The zero-order valence-electron chi connectivity index (χ0n) is 16.7. The van der Waals surface area contributed by atoms with Gasteiger partial charge in [0.1, 0.15) is 23.7 Å². The van der Waals surface area contributed by atoms with Crippen molar-refractivity contribution in [1.82, 2.24) is 10.3 Å².